The lowest BCUT2D eigenvalue weighted by molar-refractivity contribution is 0.276. The minimum atomic E-state index is -0.136. The van der Waals surface area contributed by atoms with Gasteiger partial charge in [-0.1, -0.05) is 18.2 Å². The van der Waals surface area contributed by atoms with Crippen molar-refractivity contribution in [2.45, 2.75) is 6.61 Å². The summed E-state index contributed by atoms with van der Waals surface area (Å²) in [6, 6.07) is 9.54. The molecule has 3 aromatic rings. The van der Waals surface area contributed by atoms with Crippen LogP contribution in [0.1, 0.15) is 5.69 Å². The van der Waals surface area contributed by atoms with Crippen LogP contribution in [0.15, 0.2) is 48.9 Å². The summed E-state index contributed by atoms with van der Waals surface area (Å²) in [5.41, 5.74) is 1.28. The van der Waals surface area contributed by atoms with E-state index in [-0.39, 0.29) is 6.61 Å². The maximum atomic E-state index is 8.91. The number of ether oxygens (including phenoxy) is 1. The lowest BCUT2D eigenvalue weighted by Gasteiger charge is -2.07. The summed E-state index contributed by atoms with van der Waals surface area (Å²) in [7, 11) is 0. The Morgan fingerprint density at radius 1 is 1.00 bits per heavy atom. The second-order valence-electron chi connectivity index (χ2n) is 3.94. The topological polar surface area (TPSA) is 68.1 Å². The first-order chi connectivity index (χ1) is 9.36. The quantitative estimate of drug-likeness (QED) is 0.775. The molecule has 5 heteroatoms. The molecule has 0 amide bonds. The fourth-order valence-electron chi connectivity index (χ4n) is 1.75. The highest BCUT2D eigenvalue weighted by Gasteiger charge is 2.05. The first-order valence-corrected chi connectivity index (χ1v) is 5.80. The molecule has 0 fully saturated rings. The van der Waals surface area contributed by atoms with E-state index in [0.29, 0.717) is 17.3 Å². The Bertz CT molecular complexity index is 693. The summed E-state index contributed by atoms with van der Waals surface area (Å²) < 4.78 is 5.67. The normalized spacial score (nSPS) is 10.6. The fourth-order valence-corrected chi connectivity index (χ4v) is 1.75. The van der Waals surface area contributed by atoms with Crippen LogP contribution in [0.2, 0.25) is 0 Å². The Morgan fingerprint density at radius 2 is 1.89 bits per heavy atom. The van der Waals surface area contributed by atoms with E-state index in [1.165, 1.54) is 12.4 Å². The number of benzene rings is 1. The van der Waals surface area contributed by atoms with E-state index in [2.05, 4.69) is 15.0 Å². The molecule has 0 bridgehead atoms. The third-order valence-corrected chi connectivity index (χ3v) is 2.65. The zero-order chi connectivity index (χ0) is 13.1. The number of hydrogen-bond acceptors (Lipinski definition) is 5. The van der Waals surface area contributed by atoms with Crippen molar-refractivity contribution >= 4 is 10.9 Å². The van der Waals surface area contributed by atoms with Crippen molar-refractivity contribution in [2.24, 2.45) is 0 Å². The molecule has 0 spiro atoms. The van der Waals surface area contributed by atoms with E-state index in [4.69, 9.17) is 9.84 Å². The molecule has 19 heavy (non-hydrogen) atoms. The van der Waals surface area contributed by atoms with E-state index in [9.17, 15) is 0 Å². The highest BCUT2D eigenvalue weighted by molar-refractivity contribution is 5.84. The SMILES string of the molecule is OCc1cnc(Oc2cccc3cccnc23)cn1. The van der Waals surface area contributed by atoms with Gasteiger partial charge < -0.3 is 9.84 Å². The zero-order valence-corrected chi connectivity index (χ0v) is 10.0. The smallest absolute Gasteiger partial charge is 0.237 e. The molecule has 3 rings (SSSR count). The molecule has 0 aliphatic carbocycles. The van der Waals surface area contributed by atoms with Gasteiger partial charge in [0, 0.05) is 11.6 Å². The lowest BCUT2D eigenvalue weighted by Crippen LogP contribution is -1.94. The van der Waals surface area contributed by atoms with Crippen LogP contribution in [0.25, 0.3) is 10.9 Å². The average Bonchev–Trinajstić information content (AvgIpc) is 2.48. The third-order valence-electron chi connectivity index (χ3n) is 2.65. The van der Waals surface area contributed by atoms with Crippen molar-refractivity contribution in [3.63, 3.8) is 0 Å². The summed E-state index contributed by atoms with van der Waals surface area (Å²) in [4.78, 5) is 12.4. The number of aliphatic hydroxyl groups is 1. The number of pyridine rings is 1. The third kappa shape index (κ3) is 2.36. The average molecular weight is 253 g/mol. The molecule has 0 saturated carbocycles. The summed E-state index contributed by atoms with van der Waals surface area (Å²) in [6.45, 7) is -0.136. The number of fused-ring (bicyclic) bond motifs is 1. The monoisotopic (exact) mass is 253 g/mol. The minimum absolute atomic E-state index is 0.136. The standard InChI is InChI=1S/C14H11N3O2/c18-9-11-7-17-13(8-16-11)19-12-5-1-3-10-4-2-6-15-14(10)12/h1-8,18H,9H2. The van der Waals surface area contributed by atoms with Gasteiger partial charge in [0.05, 0.1) is 24.7 Å². The molecule has 0 radical (unpaired) electrons. The van der Waals surface area contributed by atoms with E-state index in [0.717, 1.165) is 10.9 Å². The predicted molar refractivity (Wildman–Crippen MR) is 69.8 cm³/mol. The first kappa shape index (κ1) is 11.6. The number of hydrogen-bond donors (Lipinski definition) is 1. The van der Waals surface area contributed by atoms with Gasteiger partial charge in [-0.15, -0.1) is 0 Å². The van der Waals surface area contributed by atoms with E-state index in [1.54, 1.807) is 6.20 Å². The molecule has 0 aliphatic rings. The molecule has 2 heterocycles. The van der Waals surface area contributed by atoms with Crippen LogP contribution in [0.5, 0.6) is 11.6 Å². The van der Waals surface area contributed by atoms with Crippen molar-refractivity contribution in [3.05, 3.63) is 54.6 Å². The van der Waals surface area contributed by atoms with E-state index < -0.39 is 0 Å². The maximum absolute atomic E-state index is 8.91. The van der Waals surface area contributed by atoms with Gasteiger partial charge in [-0.3, -0.25) is 9.97 Å². The van der Waals surface area contributed by atoms with Gasteiger partial charge in [0.25, 0.3) is 0 Å². The summed E-state index contributed by atoms with van der Waals surface area (Å²) >= 11 is 0. The van der Waals surface area contributed by atoms with E-state index >= 15 is 0 Å². The van der Waals surface area contributed by atoms with Crippen molar-refractivity contribution in [1.29, 1.82) is 0 Å². The van der Waals surface area contributed by atoms with Crippen LogP contribution in [-0.2, 0) is 6.61 Å². The van der Waals surface area contributed by atoms with Gasteiger partial charge in [-0.25, -0.2) is 4.98 Å². The Hall–Kier alpha value is -2.53. The van der Waals surface area contributed by atoms with Crippen molar-refractivity contribution in [1.82, 2.24) is 15.0 Å². The highest BCUT2D eigenvalue weighted by Crippen LogP contribution is 2.26. The highest BCUT2D eigenvalue weighted by atomic mass is 16.5. The van der Waals surface area contributed by atoms with Crippen LogP contribution >= 0.6 is 0 Å². The Balaban J connectivity index is 1.96. The zero-order valence-electron chi connectivity index (χ0n) is 10.0. The summed E-state index contributed by atoms with van der Waals surface area (Å²) in [5, 5.41) is 9.91. The van der Waals surface area contributed by atoms with Gasteiger partial charge in [0.1, 0.15) is 5.52 Å². The maximum Gasteiger partial charge on any atom is 0.237 e. The second-order valence-corrected chi connectivity index (χ2v) is 3.94. The van der Waals surface area contributed by atoms with Crippen LogP contribution < -0.4 is 4.74 Å². The molecule has 0 atom stereocenters. The fraction of sp³-hybridized carbons (Fsp3) is 0.0714. The number of rotatable bonds is 3. The van der Waals surface area contributed by atoms with Crippen LogP contribution in [0, 0.1) is 0 Å². The molecule has 5 nitrogen and oxygen atoms in total. The van der Waals surface area contributed by atoms with Gasteiger partial charge in [0.2, 0.25) is 5.88 Å². The Labute approximate surface area is 109 Å². The van der Waals surface area contributed by atoms with Crippen molar-refractivity contribution < 1.29 is 9.84 Å². The molecule has 0 unspecified atom stereocenters. The summed E-state index contributed by atoms with van der Waals surface area (Å²) in [6.07, 6.45) is 4.68. The van der Waals surface area contributed by atoms with Crippen LogP contribution in [-0.4, -0.2) is 20.1 Å². The van der Waals surface area contributed by atoms with E-state index in [1.807, 2.05) is 30.3 Å². The number of aliphatic hydroxyl groups excluding tert-OH is 1. The molecule has 2 aromatic heterocycles. The number of para-hydroxylation sites is 1. The van der Waals surface area contributed by atoms with Gasteiger partial charge in [0.15, 0.2) is 5.75 Å². The largest absolute Gasteiger partial charge is 0.435 e. The van der Waals surface area contributed by atoms with Gasteiger partial charge in [-0.05, 0) is 12.1 Å². The van der Waals surface area contributed by atoms with Gasteiger partial charge >= 0.3 is 0 Å². The van der Waals surface area contributed by atoms with Crippen molar-refractivity contribution in [2.75, 3.05) is 0 Å². The lowest BCUT2D eigenvalue weighted by atomic mass is 10.2. The number of nitrogens with zero attached hydrogens (tertiary/aromatic N) is 3. The molecule has 1 N–H and O–H groups in total. The summed E-state index contributed by atoms with van der Waals surface area (Å²) in [5.74, 6) is 1.000. The van der Waals surface area contributed by atoms with Crippen LogP contribution in [0.4, 0.5) is 0 Å². The molecule has 0 saturated heterocycles. The van der Waals surface area contributed by atoms with Crippen LogP contribution in [0.3, 0.4) is 0 Å². The molecule has 94 valence electrons. The molecule has 1 aromatic carbocycles. The minimum Gasteiger partial charge on any atom is -0.435 e. The second kappa shape index (κ2) is 4.99. The molecule has 0 aliphatic heterocycles. The van der Waals surface area contributed by atoms with Crippen molar-refractivity contribution in [3.8, 4) is 11.6 Å². The Morgan fingerprint density at radius 3 is 2.68 bits per heavy atom. The molecular formula is C14H11N3O2. The Kier molecular flexibility index (Phi) is 3.04. The number of aromatic nitrogens is 3. The predicted octanol–water partition coefficient (Wildman–Crippen LogP) is 2.31. The molecular weight excluding hydrogens is 242 g/mol. The first-order valence-electron chi connectivity index (χ1n) is 5.80. The van der Waals surface area contributed by atoms with Gasteiger partial charge in [-0.2, -0.15) is 0 Å².